The van der Waals surface area contributed by atoms with Gasteiger partial charge in [0.1, 0.15) is 5.69 Å². The molecule has 0 aliphatic carbocycles. The Kier molecular flexibility index (Phi) is 3.53. The Morgan fingerprint density at radius 1 is 1.81 bits per heavy atom. The van der Waals surface area contributed by atoms with Crippen LogP contribution in [0.15, 0.2) is 12.5 Å². The Hall–Kier alpha value is -1.40. The first-order valence-corrected chi connectivity index (χ1v) is 5.34. The van der Waals surface area contributed by atoms with Crippen LogP contribution in [-0.2, 0) is 11.8 Å². The fourth-order valence-electron chi connectivity index (χ4n) is 1.58. The molecule has 0 bridgehead atoms. The Morgan fingerprint density at radius 3 is 3.31 bits per heavy atom. The van der Waals surface area contributed by atoms with Gasteiger partial charge >= 0.3 is 0 Å². The average Bonchev–Trinajstić information content (AvgIpc) is 2.74. The number of morpholine rings is 1. The van der Waals surface area contributed by atoms with Crippen molar-refractivity contribution >= 4 is 5.91 Å². The molecule has 1 fully saturated rings. The number of aryl methyl sites for hydroxylation is 1. The minimum Gasteiger partial charge on any atom is -0.374 e. The van der Waals surface area contributed by atoms with Crippen molar-refractivity contribution in [3.05, 3.63) is 18.2 Å². The van der Waals surface area contributed by atoms with Crippen LogP contribution in [0.25, 0.3) is 0 Å². The molecule has 1 saturated heterocycles. The molecule has 1 atom stereocenters. The highest BCUT2D eigenvalue weighted by molar-refractivity contribution is 5.91. The zero-order valence-corrected chi connectivity index (χ0v) is 9.27. The number of rotatable bonds is 3. The molecule has 0 saturated carbocycles. The van der Waals surface area contributed by atoms with Crippen molar-refractivity contribution in [3.8, 4) is 0 Å². The summed E-state index contributed by atoms with van der Waals surface area (Å²) in [5, 5.41) is 6.01. The maximum atomic E-state index is 11.6. The highest BCUT2D eigenvalue weighted by atomic mass is 16.5. The number of carbonyl (C=O) groups is 1. The number of aromatic nitrogens is 2. The first kappa shape index (κ1) is 11.1. The summed E-state index contributed by atoms with van der Waals surface area (Å²) in [4.78, 5) is 15.6. The lowest BCUT2D eigenvalue weighted by Crippen LogP contribution is -2.45. The Balaban J connectivity index is 1.79. The van der Waals surface area contributed by atoms with E-state index in [0.717, 1.165) is 13.1 Å². The van der Waals surface area contributed by atoms with Gasteiger partial charge in [0.15, 0.2) is 0 Å². The highest BCUT2D eigenvalue weighted by Crippen LogP contribution is 1.97. The summed E-state index contributed by atoms with van der Waals surface area (Å²) in [5.74, 6) is -0.158. The standard InChI is InChI=1S/C10H16N4O2/c1-14-6-9(13-7-14)10(15)12-5-8-4-11-2-3-16-8/h6-8,11H,2-5H2,1H3,(H,12,15). The molecule has 1 aliphatic heterocycles. The molecule has 6 heteroatoms. The molecule has 1 aromatic heterocycles. The molecule has 0 aromatic carbocycles. The van der Waals surface area contributed by atoms with Gasteiger partial charge in [-0.05, 0) is 0 Å². The van der Waals surface area contributed by atoms with Crippen LogP contribution < -0.4 is 10.6 Å². The second-order valence-corrected chi connectivity index (χ2v) is 3.83. The van der Waals surface area contributed by atoms with Crippen molar-refractivity contribution in [3.63, 3.8) is 0 Å². The van der Waals surface area contributed by atoms with Crippen LogP contribution in [-0.4, -0.2) is 47.8 Å². The molecule has 2 N–H and O–H groups in total. The second-order valence-electron chi connectivity index (χ2n) is 3.83. The van der Waals surface area contributed by atoms with Crippen molar-refractivity contribution in [1.29, 1.82) is 0 Å². The number of ether oxygens (including phenoxy) is 1. The van der Waals surface area contributed by atoms with Gasteiger partial charge in [-0.3, -0.25) is 4.79 Å². The molecule has 16 heavy (non-hydrogen) atoms. The van der Waals surface area contributed by atoms with Crippen molar-refractivity contribution in [2.24, 2.45) is 7.05 Å². The van der Waals surface area contributed by atoms with E-state index >= 15 is 0 Å². The minimum atomic E-state index is -0.158. The summed E-state index contributed by atoms with van der Waals surface area (Å²) in [7, 11) is 1.83. The molecule has 1 aliphatic rings. The largest absolute Gasteiger partial charge is 0.374 e. The van der Waals surface area contributed by atoms with E-state index in [1.54, 1.807) is 17.1 Å². The Morgan fingerprint density at radius 2 is 2.69 bits per heavy atom. The quantitative estimate of drug-likeness (QED) is 0.701. The van der Waals surface area contributed by atoms with Crippen LogP contribution in [0.4, 0.5) is 0 Å². The van der Waals surface area contributed by atoms with Gasteiger partial charge in [0, 0.05) is 32.9 Å². The topological polar surface area (TPSA) is 68.2 Å². The van der Waals surface area contributed by atoms with Crippen LogP contribution >= 0.6 is 0 Å². The third-order valence-corrected chi connectivity index (χ3v) is 2.43. The number of hydrogen-bond donors (Lipinski definition) is 2. The third-order valence-electron chi connectivity index (χ3n) is 2.43. The van der Waals surface area contributed by atoms with E-state index in [9.17, 15) is 4.79 Å². The van der Waals surface area contributed by atoms with Gasteiger partial charge < -0.3 is 19.9 Å². The summed E-state index contributed by atoms with van der Waals surface area (Å²) in [6.45, 7) is 2.87. The Labute approximate surface area is 94.0 Å². The zero-order valence-electron chi connectivity index (χ0n) is 9.27. The highest BCUT2D eigenvalue weighted by Gasteiger charge is 2.15. The van der Waals surface area contributed by atoms with E-state index in [1.165, 1.54) is 0 Å². The van der Waals surface area contributed by atoms with Crippen LogP contribution in [0.3, 0.4) is 0 Å². The van der Waals surface area contributed by atoms with E-state index < -0.39 is 0 Å². The van der Waals surface area contributed by atoms with Crippen molar-refractivity contribution < 1.29 is 9.53 Å². The lowest BCUT2D eigenvalue weighted by Gasteiger charge is -2.23. The molecule has 1 aromatic rings. The lowest BCUT2D eigenvalue weighted by molar-refractivity contribution is 0.0287. The van der Waals surface area contributed by atoms with Gasteiger partial charge in [-0.15, -0.1) is 0 Å². The van der Waals surface area contributed by atoms with Crippen LogP contribution in [0.5, 0.6) is 0 Å². The van der Waals surface area contributed by atoms with Crippen LogP contribution in [0.2, 0.25) is 0 Å². The molecule has 2 rings (SSSR count). The number of carbonyl (C=O) groups excluding carboxylic acids is 1. The fourth-order valence-corrected chi connectivity index (χ4v) is 1.58. The van der Waals surface area contributed by atoms with Crippen molar-refractivity contribution in [2.45, 2.75) is 6.10 Å². The zero-order chi connectivity index (χ0) is 11.4. The SMILES string of the molecule is Cn1cnc(C(=O)NCC2CNCCO2)c1. The first-order valence-electron chi connectivity index (χ1n) is 5.34. The van der Waals surface area contributed by atoms with Gasteiger partial charge in [-0.1, -0.05) is 0 Å². The molecule has 88 valence electrons. The van der Waals surface area contributed by atoms with Crippen LogP contribution in [0, 0.1) is 0 Å². The molecule has 1 amide bonds. The predicted molar refractivity (Wildman–Crippen MR) is 58.2 cm³/mol. The maximum Gasteiger partial charge on any atom is 0.271 e. The normalized spacial score (nSPS) is 20.7. The van der Waals surface area contributed by atoms with E-state index in [4.69, 9.17) is 4.74 Å². The molecular weight excluding hydrogens is 208 g/mol. The van der Waals surface area contributed by atoms with Crippen LogP contribution in [0.1, 0.15) is 10.5 Å². The lowest BCUT2D eigenvalue weighted by atomic mass is 10.3. The van der Waals surface area contributed by atoms with Gasteiger partial charge in [-0.2, -0.15) is 0 Å². The number of amides is 1. The third kappa shape index (κ3) is 2.80. The smallest absolute Gasteiger partial charge is 0.271 e. The number of imidazole rings is 1. The maximum absolute atomic E-state index is 11.6. The monoisotopic (exact) mass is 224 g/mol. The predicted octanol–water partition coefficient (Wildman–Crippen LogP) is -0.862. The van der Waals surface area contributed by atoms with Gasteiger partial charge in [0.2, 0.25) is 0 Å². The molecule has 2 heterocycles. The summed E-state index contributed by atoms with van der Waals surface area (Å²) in [6.07, 6.45) is 3.35. The summed E-state index contributed by atoms with van der Waals surface area (Å²) in [5.41, 5.74) is 0.436. The summed E-state index contributed by atoms with van der Waals surface area (Å²) >= 11 is 0. The summed E-state index contributed by atoms with van der Waals surface area (Å²) < 4.78 is 7.21. The van der Waals surface area contributed by atoms with E-state index in [2.05, 4.69) is 15.6 Å². The molecule has 0 radical (unpaired) electrons. The molecule has 1 unspecified atom stereocenters. The molecule has 6 nitrogen and oxygen atoms in total. The average molecular weight is 224 g/mol. The molecule has 0 spiro atoms. The number of hydrogen-bond acceptors (Lipinski definition) is 4. The van der Waals surface area contributed by atoms with Gasteiger partial charge in [0.25, 0.3) is 5.91 Å². The van der Waals surface area contributed by atoms with E-state index in [-0.39, 0.29) is 12.0 Å². The molecular formula is C10H16N4O2. The summed E-state index contributed by atoms with van der Waals surface area (Å²) in [6, 6.07) is 0. The number of nitrogens with one attached hydrogen (secondary N) is 2. The van der Waals surface area contributed by atoms with E-state index in [0.29, 0.717) is 18.8 Å². The Bertz CT molecular complexity index is 357. The van der Waals surface area contributed by atoms with Gasteiger partial charge in [0.05, 0.1) is 19.0 Å². The van der Waals surface area contributed by atoms with Gasteiger partial charge in [-0.25, -0.2) is 4.98 Å². The van der Waals surface area contributed by atoms with Crippen molar-refractivity contribution in [2.75, 3.05) is 26.2 Å². The second kappa shape index (κ2) is 5.09. The number of nitrogens with zero attached hydrogens (tertiary/aromatic N) is 2. The fraction of sp³-hybridized carbons (Fsp3) is 0.600. The minimum absolute atomic E-state index is 0.0569. The first-order chi connectivity index (χ1) is 7.75. The van der Waals surface area contributed by atoms with E-state index in [1.807, 2.05) is 7.05 Å². The van der Waals surface area contributed by atoms with Crippen molar-refractivity contribution in [1.82, 2.24) is 20.2 Å².